The molecule has 0 unspecified atom stereocenters. The van der Waals surface area contributed by atoms with E-state index in [1.54, 1.807) is 6.20 Å². The minimum atomic E-state index is 0.319. The molecule has 12 heavy (non-hydrogen) atoms. The summed E-state index contributed by atoms with van der Waals surface area (Å²) >= 11 is 0. The largest absolute Gasteiger partial charge is 0.472 e. The van der Waals surface area contributed by atoms with Crippen molar-refractivity contribution in [2.24, 2.45) is 0 Å². The number of ether oxygens (including phenoxy) is 1. The lowest BCUT2D eigenvalue weighted by molar-refractivity contribution is 0.136. The van der Waals surface area contributed by atoms with Crippen molar-refractivity contribution in [3.8, 4) is 5.88 Å². The molecular formula is C9H12N2O. The monoisotopic (exact) mass is 164 g/mol. The average molecular weight is 164 g/mol. The second-order valence-corrected chi connectivity index (χ2v) is 3.07. The molecule has 0 aliphatic carbocycles. The van der Waals surface area contributed by atoms with Gasteiger partial charge in [-0.05, 0) is 18.6 Å². The van der Waals surface area contributed by atoms with Gasteiger partial charge in [0, 0.05) is 25.4 Å². The Morgan fingerprint density at radius 3 is 3.00 bits per heavy atom. The molecule has 2 rings (SSSR count). The lowest BCUT2D eigenvalue weighted by Crippen LogP contribution is -2.50. The number of pyridine rings is 1. The van der Waals surface area contributed by atoms with E-state index >= 15 is 0 Å². The highest BCUT2D eigenvalue weighted by Crippen LogP contribution is 2.11. The van der Waals surface area contributed by atoms with E-state index in [1.807, 2.05) is 19.1 Å². The Bertz CT molecular complexity index is 271. The van der Waals surface area contributed by atoms with E-state index < -0.39 is 0 Å². The topological polar surface area (TPSA) is 34.1 Å². The van der Waals surface area contributed by atoms with Crippen molar-refractivity contribution in [2.45, 2.75) is 13.0 Å². The number of aromatic nitrogens is 1. The van der Waals surface area contributed by atoms with E-state index in [0.29, 0.717) is 6.10 Å². The van der Waals surface area contributed by atoms with E-state index in [2.05, 4.69) is 10.3 Å². The molecule has 1 aliphatic heterocycles. The molecule has 1 fully saturated rings. The number of hydrogen-bond donors (Lipinski definition) is 1. The maximum absolute atomic E-state index is 5.56. The predicted octanol–water partition coefficient (Wildman–Crippen LogP) is 0.741. The normalized spacial score (nSPS) is 17.1. The Morgan fingerprint density at radius 2 is 2.42 bits per heavy atom. The first-order chi connectivity index (χ1) is 5.84. The number of rotatable bonds is 2. The van der Waals surface area contributed by atoms with Crippen LogP contribution in [0.3, 0.4) is 0 Å². The molecule has 1 aromatic rings. The van der Waals surface area contributed by atoms with Crippen LogP contribution in [0, 0.1) is 6.92 Å². The van der Waals surface area contributed by atoms with Gasteiger partial charge in [0.2, 0.25) is 5.88 Å². The summed E-state index contributed by atoms with van der Waals surface area (Å²) in [6, 6.07) is 3.92. The highest BCUT2D eigenvalue weighted by Gasteiger charge is 2.18. The second kappa shape index (κ2) is 3.11. The van der Waals surface area contributed by atoms with Gasteiger partial charge >= 0.3 is 0 Å². The molecule has 1 saturated heterocycles. The van der Waals surface area contributed by atoms with E-state index in [9.17, 15) is 0 Å². The van der Waals surface area contributed by atoms with Gasteiger partial charge in [0.1, 0.15) is 6.10 Å². The van der Waals surface area contributed by atoms with Crippen LogP contribution in [0.25, 0.3) is 0 Å². The van der Waals surface area contributed by atoms with E-state index in [-0.39, 0.29) is 0 Å². The maximum Gasteiger partial charge on any atom is 0.213 e. The third-order valence-electron chi connectivity index (χ3n) is 1.92. The molecule has 64 valence electrons. The summed E-state index contributed by atoms with van der Waals surface area (Å²) in [5, 5.41) is 3.14. The van der Waals surface area contributed by atoms with Crippen LogP contribution in [0.1, 0.15) is 5.56 Å². The first-order valence-electron chi connectivity index (χ1n) is 4.14. The average Bonchev–Trinajstić information content (AvgIpc) is 1.97. The van der Waals surface area contributed by atoms with Gasteiger partial charge in [-0.15, -0.1) is 0 Å². The molecule has 3 nitrogen and oxygen atoms in total. The standard InChI is InChI=1S/C9H12N2O/c1-7-2-3-11-9(4-7)12-8-5-10-6-8/h2-4,8,10H,5-6H2,1H3. The van der Waals surface area contributed by atoms with E-state index in [1.165, 1.54) is 5.56 Å². The maximum atomic E-state index is 5.56. The van der Waals surface area contributed by atoms with E-state index in [0.717, 1.165) is 19.0 Å². The van der Waals surface area contributed by atoms with Gasteiger partial charge in [-0.25, -0.2) is 4.98 Å². The molecule has 0 bridgehead atoms. The molecule has 2 heterocycles. The summed E-state index contributed by atoms with van der Waals surface area (Å²) in [4.78, 5) is 4.11. The van der Waals surface area contributed by atoms with E-state index in [4.69, 9.17) is 4.74 Å². The summed E-state index contributed by atoms with van der Waals surface area (Å²) in [5.41, 5.74) is 1.19. The molecule has 0 aromatic carbocycles. The zero-order valence-electron chi connectivity index (χ0n) is 7.08. The Labute approximate surface area is 71.8 Å². The van der Waals surface area contributed by atoms with Crippen LogP contribution in [-0.4, -0.2) is 24.2 Å². The number of nitrogens with zero attached hydrogens (tertiary/aromatic N) is 1. The van der Waals surface area contributed by atoms with Crippen LogP contribution in [0.15, 0.2) is 18.3 Å². The van der Waals surface area contributed by atoms with Gasteiger partial charge in [0.25, 0.3) is 0 Å². The zero-order chi connectivity index (χ0) is 8.39. The van der Waals surface area contributed by atoms with Crippen molar-refractivity contribution in [3.63, 3.8) is 0 Å². The minimum absolute atomic E-state index is 0.319. The zero-order valence-corrected chi connectivity index (χ0v) is 7.08. The van der Waals surface area contributed by atoms with Crippen molar-refractivity contribution in [1.29, 1.82) is 0 Å². The first-order valence-corrected chi connectivity index (χ1v) is 4.14. The summed E-state index contributed by atoms with van der Waals surface area (Å²) in [6.07, 6.45) is 2.09. The van der Waals surface area contributed by atoms with Crippen LogP contribution in [0.4, 0.5) is 0 Å². The van der Waals surface area contributed by atoms with Crippen molar-refractivity contribution >= 4 is 0 Å². The molecule has 0 saturated carbocycles. The highest BCUT2D eigenvalue weighted by molar-refractivity contribution is 5.19. The van der Waals surface area contributed by atoms with Crippen LogP contribution in [0.2, 0.25) is 0 Å². The molecule has 0 spiro atoms. The number of aryl methyl sites for hydroxylation is 1. The predicted molar refractivity (Wildman–Crippen MR) is 46.3 cm³/mol. The molecule has 1 aliphatic rings. The first kappa shape index (κ1) is 7.55. The molecule has 1 N–H and O–H groups in total. The third kappa shape index (κ3) is 1.56. The molecular weight excluding hydrogens is 152 g/mol. The van der Waals surface area contributed by atoms with Crippen LogP contribution in [0.5, 0.6) is 5.88 Å². The molecule has 0 radical (unpaired) electrons. The van der Waals surface area contributed by atoms with Crippen LogP contribution >= 0.6 is 0 Å². The molecule has 0 atom stereocenters. The SMILES string of the molecule is Cc1ccnc(OC2CNC2)c1. The summed E-state index contributed by atoms with van der Waals surface area (Å²) < 4.78 is 5.56. The summed E-state index contributed by atoms with van der Waals surface area (Å²) in [5.74, 6) is 0.738. The Hall–Kier alpha value is -1.09. The highest BCUT2D eigenvalue weighted by atomic mass is 16.5. The third-order valence-corrected chi connectivity index (χ3v) is 1.92. The van der Waals surface area contributed by atoms with Gasteiger partial charge in [-0.2, -0.15) is 0 Å². The van der Waals surface area contributed by atoms with Crippen LogP contribution < -0.4 is 10.1 Å². The van der Waals surface area contributed by atoms with Gasteiger partial charge in [-0.1, -0.05) is 0 Å². The minimum Gasteiger partial charge on any atom is -0.472 e. The Kier molecular flexibility index (Phi) is 1.96. The molecule has 0 amide bonds. The lowest BCUT2D eigenvalue weighted by Gasteiger charge is -2.27. The van der Waals surface area contributed by atoms with Crippen molar-refractivity contribution in [1.82, 2.24) is 10.3 Å². The fourth-order valence-corrected chi connectivity index (χ4v) is 1.09. The van der Waals surface area contributed by atoms with Crippen molar-refractivity contribution < 1.29 is 4.74 Å². The van der Waals surface area contributed by atoms with Gasteiger partial charge in [-0.3, -0.25) is 0 Å². The molecule has 3 heteroatoms. The van der Waals surface area contributed by atoms with Gasteiger partial charge < -0.3 is 10.1 Å². The summed E-state index contributed by atoms with van der Waals surface area (Å²) in [7, 11) is 0. The summed E-state index contributed by atoms with van der Waals surface area (Å²) in [6.45, 7) is 3.92. The van der Waals surface area contributed by atoms with Gasteiger partial charge in [0.15, 0.2) is 0 Å². The van der Waals surface area contributed by atoms with Gasteiger partial charge in [0.05, 0.1) is 0 Å². The molecule has 1 aromatic heterocycles. The quantitative estimate of drug-likeness (QED) is 0.700. The van der Waals surface area contributed by atoms with Crippen LogP contribution in [-0.2, 0) is 0 Å². The fourth-order valence-electron chi connectivity index (χ4n) is 1.09. The Morgan fingerprint density at radius 1 is 1.58 bits per heavy atom. The lowest BCUT2D eigenvalue weighted by atomic mass is 10.2. The Balaban J connectivity index is 2.02. The van der Waals surface area contributed by atoms with Crippen molar-refractivity contribution in [2.75, 3.05) is 13.1 Å². The number of nitrogens with one attached hydrogen (secondary N) is 1. The fraction of sp³-hybridized carbons (Fsp3) is 0.444. The van der Waals surface area contributed by atoms with Crippen molar-refractivity contribution in [3.05, 3.63) is 23.9 Å². The smallest absolute Gasteiger partial charge is 0.213 e. The second-order valence-electron chi connectivity index (χ2n) is 3.07. The number of hydrogen-bond acceptors (Lipinski definition) is 3.